The minimum atomic E-state index is 0.00692. The van der Waals surface area contributed by atoms with Gasteiger partial charge in [0.05, 0.1) is 9.35 Å². The van der Waals surface area contributed by atoms with Crippen LogP contribution in [0.4, 0.5) is 0 Å². The van der Waals surface area contributed by atoms with Crippen molar-refractivity contribution in [3.8, 4) is 5.75 Å². The molecule has 1 aromatic heterocycles. The molecular weight excluding hydrogens is 300 g/mol. The van der Waals surface area contributed by atoms with Gasteiger partial charge < -0.3 is 4.74 Å². The lowest BCUT2D eigenvalue weighted by molar-refractivity contribution is 0.0925. The van der Waals surface area contributed by atoms with E-state index in [-0.39, 0.29) is 12.4 Å². The van der Waals surface area contributed by atoms with E-state index in [2.05, 4.69) is 15.9 Å². The van der Waals surface area contributed by atoms with E-state index in [4.69, 9.17) is 4.74 Å². The maximum atomic E-state index is 11.7. The van der Waals surface area contributed by atoms with Crippen LogP contribution in [0.3, 0.4) is 0 Å². The number of rotatable bonds is 4. The Balaban J connectivity index is 2.01. The van der Waals surface area contributed by atoms with Crippen molar-refractivity contribution in [3.63, 3.8) is 0 Å². The summed E-state index contributed by atoms with van der Waals surface area (Å²) in [4.78, 5) is 12.5. The highest BCUT2D eigenvalue weighted by Gasteiger charge is 2.09. The molecule has 0 atom stereocenters. The fourth-order valence-electron chi connectivity index (χ4n) is 1.37. The molecule has 0 unspecified atom stereocenters. The molecule has 0 radical (unpaired) electrons. The van der Waals surface area contributed by atoms with Crippen LogP contribution in [-0.4, -0.2) is 12.4 Å². The molecule has 0 amide bonds. The Morgan fingerprint density at radius 1 is 1.41 bits per heavy atom. The Morgan fingerprint density at radius 3 is 2.88 bits per heavy atom. The summed E-state index contributed by atoms with van der Waals surface area (Å²) in [6, 6.07) is 9.45. The highest BCUT2D eigenvalue weighted by molar-refractivity contribution is 9.10. The van der Waals surface area contributed by atoms with Crippen LogP contribution in [0.1, 0.15) is 15.2 Å². The molecule has 1 heterocycles. The van der Waals surface area contributed by atoms with Gasteiger partial charge in [-0.15, -0.1) is 11.3 Å². The van der Waals surface area contributed by atoms with Crippen LogP contribution in [0.2, 0.25) is 0 Å². The SMILES string of the molecule is Cc1ccc(OCC(=O)c2cccs2)c(Br)c1. The molecule has 1 aromatic carbocycles. The monoisotopic (exact) mass is 310 g/mol. The molecule has 0 aliphatic heterocycles. The number of Topliss-reactive ketones (excluding diaryl/α,β-unsaturated/α-hetero) is 1. The Hall–Kier alpha value is -1.13. The molecule has 0 spiro atoms. The van der Waals surface area contributed by atoms with Crippen LogP contribution in [0.25, 0.3) is 0 Å². The summed E-state index contributed by atoms with van der Waals surface area (Å²) in [5.74, 6) is 0.702. The molecule has 2 rings (SSSR count). The van der Waals surface area contributed by atoms with E-state index in [1.807, 2.05) is 36.6 Å². The second-order valence-corrected chi connectivity index (χ2v) is 5.43. The number of ether oxygens (including phenoxy) is 1. The van der Waals surface area contributed by atoms with Gasteiger partial charge in [-0.2, -0.15) is 0 Å². The maximum Gasteiger partial charge on any atom is 0.210 e. The summed E-state index contributed by atoms with van der Waals surface area (Å²) in [5, 5.41) is 1.88. The molecular formula is C13H11BrO2S. The average molecular weight is 311 g/mol. The van der Waals surface area contributed by atoms with Crippen molar-refractivity contribution in [3.05, 3.63) is 50.6 Å². The normalized spacial score (nSPS) is 10.2. The number of benzene rings is 1. The third-order valence-electron chi connectivity index (χ3n) is 2.24. The van der Waals surface area contributed by atoms with Gasteiger partial charge in [0.1, 0.15) is 5.75 Å². The first-order valence-electron chi connectivity index (χ1n) is 5.12. The molecule has 0 fully saturated rings. The number of thiophene rings is 1. The molecule has 0 saturated carbocycles. The molecule has 0 saturated heterocycles. The molecule has 2 nitrogen and oxygen atoms in total. The minimum absolute atomic E-state index is 0.00692. The van der Waals surface area contributed by atoms with Gasteiger partial charge in [0.25, 0.3) is 0 Å². The molecule has 88 valence electrons. The number of hydrogen-bond donors (Lipinski definition) is 0. The van der Waals surface area contributed by atoms with Crippen LogP contribution in [-0.2, 0) is 0 Å². The minimum Gasteiger partial charge on any atom is -0.484 e. The van der Waals surface area contributed by atoms with Crippen molar-refractivity contribution < 1.29 is 9.53 Å². The van der Waals surface area contributed by atoms with Crippen molar-refractivity contribution in [2.45, 2.75) is 6.92 Å². The fraction of sp³-hybridized carbons (Fsp3) is 0.154. The topological polar surface area (TPSA) is 26.3 Å². The molecule has 4 heteroatoms. The van der Waals surface area contributed by atoms with E-state index in [1.54, 1.807) is 6.07 Å². The second kappa shape index (κ2) is 5.47. The molecule has 17 heavy (non-hydrogen) atoms. The van der Waals surface area contributed by atoms with Crippen molar-refractivity contribution >= 4 is 33.0 Å². The zero-order chi connectivity index (χ0) is 12.3. The van der Waals surface area contributed by atoms with Crippen LogP contribution in [0.5, 0.6) is 5.75 Å². The zero-order valence-electron chi connectivity index (χ0n) is 9.27. The highest BCUT2D eigenvalue weighted by atomic mass is 79.9. The number of aryl methyl sites for hydroxylation is 1. The zero-order valence-corrected chi connectivity index (χ0v) is 11.7. The lowest BCUT2D eigenvalue weighted by Crippen LogP contribution is -2.10. The fourth-order valence-corrected chi connectivity index (χ4v) is 2.63. The number of carbonyl (C=O) groups is 1. The van der Waals surface area contributed by atoms with Crippen molar-refractivity contribution in [2.75, 3.05) is 6.61 Å². The van der Waals surface area contributed by atoms with Crippen molar-refractivity contribution in [1.82, 2.24) is 0 Å². The second-order valence-electron chi connectivity index (χ2n) is 3.62. The summed E-state index contributed by atoms with van der Waals surface area (Å²) in [7, 11) is 0. The molecule has 0 aliphatic rings. The van der Waals surface area contributed by atoms with Crippen LogP contribution in [0, 0.1) is 6.92 Å². The molecule has 0 bridgehead atoms. The van der Waals surface area contributed by atoms with Crippen molar-refractivity contribution in [1.29, 1.82) is 0 Å². The van der Waals surface area contributed by atoms with Gasteiger partial charge >= 0.3 is 0 Å². The van der Waals surface area contributed by atoms with E-state index >= 15 is 0 Å². The lowest BCUT2D eigenvalue weighted by atomic mass is 10.2. The number of halogens is 1. The maximum absolute atomic E-state index is 11.7. The van der Waals surface area contributed by atoms with Gasteiger partial charge in [-0.05, 0) is 52.0 Å². The predicted octanol–water partition coefficient (Wildman–Crippen LogP) is 4.08. The summed E-state index contributed by atoms with van der Waals surface area (Å²) < 4.78 is 6.36. The highest BCUT2D eigenvalue weighted by Crippen LogP contribution is 2.25. The van der Waals surface area contributed by atoms with E-state index in [0.29, 0.717) is 5.75 Å². The Bertz CT molecular complexity index is 520. The average Bonchev–Trinajstić information content (AvgIpc) is 2.81. The number of hydrogen-bond acceptors (Lipinski definition) is 3. The van der Waals surface area contributed by atoms with Crippen LogP contribution >= 0.6 is 27.3 Å². The first kappa shape index (κ1) is 12.3. The number of ketones is 1. The standard InChI is InChI=1S/C13H11BrO2S/c1-9-4-5-12(10(14)7-9)16-8-11(15)13-3-2-6-17-13/h2-7H,8H2,1H3. The van der Waals surface area contributed by atoms with E-state index in [0.717, 1.165) is 14.9 Å². The van der Waals surface area contributed by atoms with Gasteiger partial charge in [-0.25, -0.2) is 0 Å². The third kappa shape index (κ3) is 3.17. The van der Waals surface area contributed by atoms with Gasteiger partial charge in [0.15, 0.2) is 6.61 Å². The summed E-state index contributed by atoms with van der Waals surface area (Å²) in [6.45, 7) is 2.08. The summed E-state index contributed by atoms with van der Waals surface area (Å²) in [5.41, 5.74) is 1.15. The Labute approximate surface area is 112 Å². The Morgan fingerprint density at radius 2 is 2.24 bits per heavy atom. The van der Waals surface area contributed by atoms with E-state index < -0.39 is 0 Å². The summed E-state index contributed by atoms with van der Waals surface area (Å²) >= 11 is 4.84. The van der Waals surface area contributed by atoms with Crippen LogP contribution < -0.4 is 4.74 Å². The first-order chi connectivity index (χ1) is 8.16. The lowest BCUT2D eigenvalue weighted by Gasteiger charge is -2.07. The summed E-state index contributed by atoms with van der Waals surface area (Å²) in [6.07, 6.45) is 0. The third-order valence-corrected chi connectivity index (χ3v) is 3.77. The predicted molar refractivity (Wildman–Crippen MR) is 73.0 cm³/mol. The number of carbonyl (C=O) groups excluding carboxylic acids is 1. The van der Waals surface area contributed by atoms with Crippen molar-refractivity contribution in [2.24, 2.45) is 0 Å². The quantitative estimate of drug-likeness (QED) is 0.795. The molecule has 0 aliphatic carbocycles. The van der Waals surface area contributed by atoms with Gasteiger partial charge in [0.2, 0.25) is 5.78 Å². The smallest absolute Gasteiger partial charge is 0.210 e. The van der Waals surface area contributed by atoms with E-state index in [1.165, 1.54) is 11.3 Å². The van der Waals surface area contributed by atoms with Gasteiger partial charge in [-0.1, -0.05) is 12.1 Å². The largest absolute Gasteiger partial charge is 0.484 e. The Kier molecular flexibility index (Phi) is 3.97. The molecule has 2 aromatic rings. The molecule has 0 N–H and O–H groups in total. The first-order valence-corrected chi connectivity index (χ1v) is 6.80. The van der Waals surface area contributed by atoms with Gasteiger partial charge in [-0.3, -0.25) is 4.79 Å². The van der Waals surface area contributed by atoms with Gasteiger partial charge in [0, 0.05) is 0 Å². The van der Waals surface area contributed by atoms with Crippen LogP contribution in [0.15, 0.2) is 40.2 Å². The van der Waals surface area contributed by atoms with E-state index in [9.17, 15) is 4.79 Å².